The highest BCUT2D eigenvalue weighted by Crippen LogP contribution is 2.30. The van der Waals surface area contributed by atoms with E-state index in [1.54, 1.807) is 23.0 Å². The fourth-order valence-electron chi connectivity index (χ4n) is 3.18. The topological polar surface area (TPSA) is 46.3 Å². The molecule has 0 atom stereocenters. The number of pyridine rings is 2. The van der Waals surface area contributed by atoms with Gasteiger partial charge in [-0.25, -0.2) is 4.98 Å². The average molecular weight is 511 g/mol. The summed E-state index contributed by atoms with van der Waals surface area (Å²) in [5.74, 6) is 1.11. The van der Waals surface area contributed by atoms with Gasteiger partial charge in [-0.3, -0.25) is 4.79 Å². The van der Waals surface area contributed by atoms with Crippen molar-refractivity contribution in [2.45, 2.75) is 6.92 Å². The van der Waals surface area contributed by atoms with Crippen molar-refractivity contribution in [1.82, 2.24) is 4.98 Å². The number of aryl methyl sites for hydroxylation is 1. The summed E-state index contributed by atoms with van der Waals surface area (Å²) in [4.78, 5) is 18.1. The molecule has 2 aromatic carbocycles. The van der Waals surface area contributed by atoms with Crippen LogP contribution in [0.5, 0.6) is 5.75 Å². The normalized spacial score (nSPS) is 10.2. The maximum absolute atomic E-state index is 13.5. The summed E-state index contributed by atoms with van der Waals surface area (Å²) in [5, 5.41) is 1.55. The van der Waals surface area contributed by atoms with Gasteiger partial charge in [-0.05, 0) is 58.7 Å². The third-order valence-electron chi connectivity index (χ3n) is 4.87. The van der Waals surface area contributed by atoms with Crippen molar-refractivity contribution in [3.8, 4) is 16.9 Å². The van der Waals surface area contributed by atoms with E-state index in [1.807, 2.05) is 92.1 Å². The van der Waals surface area contributed by atoms with Crippen molar-refractivity contribution in [3.05, 3.63) is 107 Å². The summed E-state index contributed by atoms with van der Waals surface area (Å²) in [6, 6.07) is 22.9. The Morgan fingerprint density at radius 3 is 2.22 bits per heavy atom. The van der Waals surface area contributed by atoms with Crippen LogP contribution in [0.15, 0.2) is 95.9 Å². The second-order valence-corrected chi connectivity index (χ2v) is 7.85. The lowest BCUT2D eigenvalue weighted by molar-refractivity contribution is -0.674. The van der Waals surface area contributed by atoms with Gasteiger partial charge in [0.1, 0.15) is 5.75 Å². The number of halogens is 2. The lowest BCUT2D eigenvalue weighted by Crippen LogP contribution is -3.00. The molecule has 0 aliphatic rings. The number of anilines is 1. The molecule has 0 unspecified atom stereocenters. The van der Waals surface area contributed by atoms with Crippen LogP contribution in [0.4, 0.5) is 5.82 Å². The predicted octanol–water partition coefficient (Wildman–Crippen LogP) is 2.23. The van der Waals surface area contributed by atoms with Crippen molar-refractivity contribution >= 4 is 27.7 Å². The smallest absolute Gasteiger partial charge is 0.316 e. The molecule has 5 nitrogen and oxygen atoms in total. The van der Waals surface area contributed by atoms with Gasteiger partial charge in [-0.15, -0.1) is 0 Å². The third kappa shape index (κ3) is 4.98. The number of rotatable bonds is 5. The van der Waals surface area contributed by atoms with Crippen LogP contribution in [0.25, 0.3) is 11.1 Å². The highest BCUT2D eigenvalue weighted by Gasteiger charge is 2.29. The molecule has 7 heteroatoms. The second-order valence-electron chi connectivity index (χ2n) is 7.00. The standard InChI is InChI=1S/C25H21BrN3O2.ClH/c1-18-6-8-20(9-7-18)25(30)29(28-14-4-3-5-15-28)24-23(26)16-21(17-27-24)19-10-12-22(31-2)13-11-19;/h3-17H,1-2H3;1H/q+1;/p-1. The zero-order chi connectivity index (χ0) is 21.8. The Hall–Kier alpha value is -3.22. The van der Waals surface area contributed by atoms with E-state index >= 15 is 0 Å². The molecule has 0 fully saturated rings. The first-order chi connectivity index (χ1) is 15.1. The molecule has 0 spiro atoms. The summed E-state index contributed by atoms with van der Waals surface area (Å²) in [6.07, 6.45) is 5.40. The molecule has 162 valence electrons. The molecular formula is C25H21BrClN3O2. The van der Waals surface area contributed by atoms with E-state index in [0.717, 1.165) is 22.4 Å². The fraction of sp³-hybridized carbons (Fsp3) is 0.0800. The van der Waals surface area contributed by atoms with Crippen LogP contribution in [0.2, 0.25) is 0 Å². The van der Waals surface area contributed by atoms with Crippen LogP contribution in [0.3, 0.4) is 0 Å². The molecule has 2 heterocycles. The fourth-order valence-corrected chi connectivity index (χ4v) is 3.70. The zero-order valence-corrected chi connectivity index (χ0v) is 19.9. The molecule has 32 heavy (non-hydrogen) atoms. The molecule has 0 aliphatic carbocycles. The Labute approximate surface area is 201 Å². The first-order valence-electron chi connectivity index (χ1n) is 9.74. The van der Waals surface area contributed by atoms with Gasteiger partial charge in [-0.2, -0.15) is 0 Å². The van der Waals surface area contributed by atoms with Gasteiger partial charge >= 0.3 is 5.91 Å². The lowest BCUT2D eigenvalue weighted by atomic mass is 10.1. The van der Waals surface area contributed by atoms with Crippen LogP contribution in [0.1, 0.15) is 15.9 Å². The number of carbonyl (C=O) groups is 1. The number of methoxy groups -OCH3 is 1. The summed E-state index contributed by atoms with van der Waals surface area (Å²) < 4.78 is 7.66. The number of aromatic nitrogens is 2. The van der Waals surface area contributed by atoms with Gasteiger partial charge < -0.3 is 17.1 Å². The zero-order valence-electron chi connectivity index (χ0n) is 17.6. The monoisotopic (exact) mass is 509 g/mol. The number of benzene rings is 2. The minimum Gasteiger partial charge on any atom is -1.00 e. The van der Waals surface area contributed by atoms with Crippen molar-refractivity contribution in [3.63, 3.8) is 0 Å². The second kappa shape index (κ2) is 10.4. The van der Waals surface area contributed by atoms with E-state index in [2.05, 4.69) is 20.9 Å². The van der Waals surface area contributed by atoms with Crippen LogP contribution in [-0.2, 0) is 0 Å². The molecule has 2 aromatic heterocycles. The minimum absolute atomic E-state index is 0. The van der Waals surface area contributed by atoms with Crippen molar-refractivity contribution in [1.29, 1.82) is 0 Å². The molecule has 4 rings (SSSR count). The lowest BCUT2D eigenvalue weighted by Gasteiger charge is -2.17. The van der Waals surface area contributed by atoms with Gasteiger partial charge in [0, 0.05) is 29.5 Å². The quantitative estimate of drug-likeness (QED) is 0.387. The molecule has 1 amide bonds. The minimum atomic E-state index is -0.179. The first kappa shape index (κ1) is 23.4. The average Bonchev–Trinajstić information content (AvgIpc) is 2.81. The number of carbonyl (C=O) groups excluding carboxylic acids is 1. The summed E-state index contributed by atoms with van der Waals surface area (Å²) >= 11 is 3.63. The van der Waals surface area contributed by atoms with E-state index in [4.69, 9.17) is 4.74 Å². The molecular weight excluding hydrogens is 490 g/mol. The van der Waals surface area contributed by atoms with Gasteiger partial charge in [0.15, 0.2) is 0 Å². The summed E-state index contributed by atoms with van der Waals surface area (Å²) in [7, 11) is 1.64. The predicted molar refractivity (Wildman–Crippen MR) is 124 cm³/mol. The number of hydrogen-bond donors (Lipinski definition) is 0. The van der Waals surface area contributed by atoms with E-state index in [9.17, 15) is 4.79 Å². The molecule has 0 radical (unpaired) electrons. The molecule has 0 saturated heterocycles. The van der Waals surface area contributed by atoms with E-state index < -0.39 is 0 Å². The molecule has 0 bridgehead atoms. The number of ether oxygens (including phenoxy) is 1. The Kier molecular flexibility index (Phi) is 7.62. The van der Waals surface area contributed by atoms with Crippen molar-refractivity contribution in [2.75, 3.05) is 12.1 Å². The SMILES string of the molecule is COc1ccc(-c2cnc(N(C(=O)c3ccc(C)cc3)[n+]3ccccc3)c(Br)c2)cc1.[Cl-]. The Balaban J connectivity index is 0.00000289. The molecule has 4 aromatic rings. The summed E-state index contributed by atoms with van der Waals surface area (Å²) in [6.45, 7) is 1.99. The van der Waals surface area contributed by atoms with Gasteiger partial charge in [0.05, 0.1) is 11.6 Å². The Bertz CT molecular complexity index is 1200. The number of nitrogens with zero attached hydrogens (tertiary/aromatic N) is 3. The Morgan fingerprint density at radius 1 is 0.969 bits per heavy atom. The molecule has 0 saturated carbocycles. The van der Waals surface area contributed by atoms with E-state index in [-0.39, 0.29) is 18.3 Å². The van der Waals surface area contributed by atoms with E-state index in [0.29, 0.717) is 15.9 Å². The van der Waals surface area contributed by atoms with Gasteiger partial charge in [0.2, 0.25) is 18.2 Å². The largest absolute Gasteiger partial charge is 1.00 e. The Morgan fingerprint density at radius 2 is 1.62 bits per heavy atom. The highest BCUT2D eigenvalue weighted by atomic mass is 79.9. The molecule has 0 N–H and O–H groups in total. The number of amides is 1. The maximum Gasteiger partial charge on any atom is 0.316 e. The van der Waals surface area contributed by atoms with Crippen LogP contribution >= 0.6 is 15.9 Å². The summed E-state index contributed by atoms with van der Waals surface area (Å²) in [5.41, 5.74) is 3.61. The van der Waals surface area contributed by atoms with Crippen LogP contribution < -0.4 is 26.8 Å². The first-order valence-corrected chi connectivity index (χ1v) is 10.5. The van der Waals surface area contributed by atoms with Gasteiger partial charge in [-0.1, -0.05) is 45.6 Å². The van der Waals surface area contributed by atoms with E-state index in [1.165, 1.54) is 0 Å². The molecule has 0 aliphatic heterocycles. The van der Waals surface area contributed by atoms with Crippen LogP contribution in [0, 0.1) is 6.92 Å². The van der Waals surface area contributed by atoms with Crippen molar-refractivity contribution < 1.29 is 26.6 Å². The number of hydrogen-bond acceptors (Lipinski definition) is 3. The van der Waals surface area contributed by atoms with Crippen LogP contribution in [-0.4, -0.2) is 18.0 Å². The van der Waals surface area contributed by atoms with Gasteiger partial charge in [0.25, 0.3) is 0 Å². The van der Waals surface area contributed by atoms with Crippen molar-refractivity contribution in [2.24, 2.45) is 0 Å². The third-order valence-corrected chi connectivity index (χ3v) is 5.45. The maximum atomic E-state index is 13.5. The highest BCUT2D eigenvalue weighted by molar-refractivity contribution is 9.10.